The molecular formula is C17H14BrN3O4S2. The standard InChI is InChI=1S/C17H14BrN3O4S2/c1-25-14-7-6-13(20-16(22)17-19-8-9-26-17)10-15(14)27(23,24)21-12-4-2-11(18)3-5-12/h2-10,21H,1H3,(H,20,22). The van der Waals surface area contributed by atoms with Gasteiger partial charge in [0.25, 0.3) is 15.9 Å². The number of benzene rings is 2. The van der Waals surface area contributed by atoms with E-state index >= 15 is 0 Å². The number of carbonyl (C=O) groups excluding carboxylic acids is 1. The highest BCUT2D eigenvalue weighted by Crippen LogP contribution is 2.29. The third kappa shape index (κ3) is 4.65. The summed E-state index contributed by atoms with van der Waals surface area (Å²) in [6.45, 7) is 0. The molecule has 0 aliphatic heterocycles. The van der Waals surface area contributed by atoms with Crippen LogP contribution in [-0.2, 0) is 10.0 Å². The molecule has 140 valence electrons. The number of ether oxygens (including phenoxy) is 1. The lowest BCUT2D eigenvalue weighted by molar-refractivity contribution is 0.102. The number of nitrogens with zero attached hydrogens (tertiary/aromatic N) is 1. The number of hydrogen-bond acceptors (Lipinski definition) is 6. The predicted molar refractivity (Wildman–Crippen MR) is 108 cm³/mol. The molecule has 2 aromatic carbocycles. The molecule has 27 heavy (non-hydrogen) atoms. The van der Waals surface area contributed by atoms with Gasteiger partial charge < -0.3 is 10.1 Å². The van der Waals surface area contributed by atoms with Gasteiger partial charge in [0.15, 0.2) is 5.01 Å². The first-order valence-electron chi connectivity index (χ1n) is 7.56. The molecule has 0 atom stereocenters. The van der Waals surface area contributed by atoms with Crippen molar-refractivity contribution < 1.29 is 17.9 Å². The van der Waals surface area contributed by atoms with Crippen LogP contribution in [0.5, 0.6) is 5.75 Å². The van der Waals surface area contributed by atoms with Crippen LogP contribution < -0.4 is 14.8 Å². The van der Waals surface area contributed by atoms with E-state index in [1.807, 2.05) is 0 Å². The van der Waals surface area contributed by atoms with Crippen LogP contribution in [0.4, 0.5) is 11.4 Å². The molecule has 0 radical (unpaired) electrons. The first-order valence-corrected chi connectivity index (χ1v) is 10.7. The number of hydrogen-bond donors (Lipinski definition) is 2. The van der Waals surface area contributed by atoms with E-state index in [-0.39, 0.29) is 15.7 Å². The molecule has 7 nitrogen and oxygen atoms in total. The topological polar surface area (TPSA) is 97.4 Å². The Labute approximate surface area is 168 Å². The van der Waals surface area contributed by atoms with Gasteiger partial charge in [0.2, 0.25) is 0 Å². The Hall–Kier alpha value is -2.43. The number of anilines is 2. The van der Waals surface area contributed by atoms with Crippen LogP contribution in [-0.4, -0.2) is 26.4 Å². The SMILES string of the molecule is COc1ccc(NC(=O)c2nccs2)cc1S(=O)(=O)Nc1ccc(Br)cc1. The van der Waals surface area contributed by atoms with Crippen molar-refractivity contribution in [3.05, 3.63) is 63.5 Å². The van der Waals surface area contributed by atoms with Gasteiger partial charge in [-0.05, 0) is 42.5 Å². The fourth-order valence-electron chi connectivity index (χ4n) is 2.21. The fraction of sp³-hybridized carbons (Fsp3) is 0.0588. The summed E-state index contributed by atoms with van der Waals surface area (Å²) in [6, 6.07) is 11.1. The van der Waals surface area contributed by atoms with E-state index < -0.39 is 15.9 Å². The highest BCUT2D eigenvalue weighted by Gasteiger charge is 2.21. The zero-order chi connectivity index (χ0) is 19.4. The second-order valence-corrected chi connectivity index (χ2v) is 8.73. The number of carbonyl (C=O) groups is 1. The maximum absolute atomic E-state index is 12.8. The number of thiazole rings is 1. The molecule has 10 heteroatoms. The minimum Gasteiger partial charge on any atom is -0.495 e. The first-order chi connectivity index (χ1) is 12.9. The minimum absolute atomic E-state index is 0.0927. The molecule has 1 heterocycles. The highest BCUT2D eigenvalue weighted by atomic mass is 79.9. The van der Waals surface area contributed by atoms with Crippen LogP contribution in [0.2, 0.25) is 0 Å². The van der Waals surface area contributed by atoms with E-state index in [1.54, 1.807) is 35.7 Å². The van der Waals surface area contributed by atoms with Gasteiger partial charge in [0.05, 0.1) is 7.11 Å². The normalized spacial score (nSPS) is 11.0. The number of aromatic nitrogens is 1. The molecule has 3 aromatic rings. The van der Waals surface area contributed by atoms with E-state index in [9.17, 15) is 13.2 Å². The summed E-state index contributed by atoms with van der Waals surface area (Å²) in [5.74, 6) is -0.258. The predicted octanol–water partition coefficient (Wildman–Crippen LogP) is 3.97. The van der Waals surface area contributed by atoms with E-state index in [2.05, 4.69) is 31.0 Å². The molecule has 1 amide bonds. The summed E-state index contributed by atoms with van der Waals surface area (Å²) in [5, 5.41) is 4.60. The van der Waals surface area contributed by atoms with Gasteiger partial charge in [-0.1, -0.05) is 15.9 Å². The lowest BCUT2D eigenvalue weighted by atomic mass is 10.3. The Kier molecular flexibility index (Phi) is 5.78. The van der Waals surface area contributed by atoms with Gasteiger partial charge in [0, 0.05) is 27.4 Å². The van der Waals surface area contributed by atoms with Gasteiger partial charge >= 0.3 is 0 Å². The van der Waals surface area contributed by atoms with Crippen molar-refractivity contribution in [1.29, 1.82) is 0 Å². The Morgan fingerprint density at radius 2 is 1.85 bits per heavy atom. The van der Waals surface area contributed by atoms with Crippen LogP contribution in [0, 0.1) is 0 Å². The van der Waals surface area contributed by atoms with Crippen molar-refractivity contribution in [3.8, 4) is 5.75 Å². The monoisotopic (exact) mass is 467 g/mol. The van der Waals surface area contributed by atoms with Crippen LogP contribution >= 0.6 is 27.3 Å². The van der Waals surface area contributed by atoms with Gasteiger partial charge in [-0.15, -0.1) is 11.3 Å². The van der Waals surface area contributed by atoms with Gasteiger partial charge in [0.1, 0.15) is 10.6 Å². The molecule has 0 spiro atoms. The summed E-state index contributed by atoms with van der Waals surface area (Å²) < 4.78 is 34.1. The number of halogens is 1. The van der Waals surface area contributed by atoms with Gasteiger partial charge in [-0.2, -0.15) is 0 Å². The second kappa shape index (κ2) is 8.07. The van der Waals surface area contributed by atoms with Crippen molar-refractivity contribution in [3.63, 3.8) is 0 Å². The Morgan fingerprint density at radius 3 is 2.48 bits per heavy atom. The highest BCUT2D eigenvalue weighted by molar-refractivity contribution is 9.10. The zero-order valence-electron chi connectivity index (χ0n) is 14.0. The molecule has 3 rings (SSSR count). The molecule has 2 N–H and O–H groups in total. The average Bonchev–Trinajstić information content (AvgIpc) is 3.18. The number of amides is 1. The lowest BCUT2D eigenvalue weighted by Crippen LogP contribution is -2.16. The summed E-state index contributed by atoms with van der Waals surface area (Å²) in [4.78, 5) is 16.0. The minimum atomic E-state index is -3.94. The summed E-state index contributed by atoms with van der Waals surface area (Å²) in [5.41, 5.74) is 0.713. The maximum atomic E-state index is 12.8. The number of sulfonamides is 1. The largest absolute Gasteiger partial charge is 0.495 e. The number of methoxy groups -OCH3 is 1. The van der Waals surface area contributed by atoms with E-state index in [1.165, 1.54) is 36.8 Å². The molecule has 0 unspecified atom stereocenters. The van der Waals surface area contributed by atoms with E-state index in [0.29, 0.717) is 11.4 Å². The number of nitrogens with one attached hydrogen (secondary N) is 2. The van der Waals surface area contributed by atoms with Crippen molar-refractivity contribution in [2.24, 2.45) is 0 Å². The maximum Gasteiger partial charge on any atom is 0.284 e. The molecular weight excluding hydrogens is 454 g/mol. The first kappa shape index (κ1) is 19.3. The molecule has 0 bridgehead atoms. The Balaban J connectivity index is 1.90. The fourth-order valence-corrected chi connectivity index (χ4v) is 4.26. The molecule has 1 aromatic heterocycles. The van der Waals surface area contributed by atoms with Crippen LogP contribution in [0.1, 0.15) is 9.80 Å². The lowest BCUT2D eigenvalue weighted by Gasteiger charge is -2.13. The Bertz CT molecular complexity index is 1050. The molecule has 0 aliphatic rings. The zero-order valence-corrected chi connectivity index (χ0v) is 17.2. The number of rotatable bonds is 6. The van der Waals surface area contributed by atoms with Gasteiger partial charge in [-0.3, -0.25) is 9.52 Å². The van der Waals surface area contributed by atoms with Crippen molar-refractivity contribution in [2.75, 3.05) is 17.1 Å². The van der Waals surface area contributed by atoms with Crippen molar-refractivity contribution in [1.82, 2.24) is 4.98 Å². The summed E-state index contributed by atoms with van der Waals surface area (Å²) >= 11 is 4.49. The second-order valence-electron chi connectivity index (χ2n) is 5.27. The van der Waals surface area contributed by atoms with E-state index in [0.717, 1.165) is 4.47 Å². The van der Waals surface area contributed by atoms with Crippen molar-refractivity contribution in [2.45, 2.75) is 4.90 Å². The average molecular weight is 468 g/mol. The third-order valence-corrected chi connectivity index (χ3v) is 6.14. The van der Waals surface area contributed by atoms with Gasteiger partial charge in [-0.25, -0.2) is 13.4 Å². The van der Waals surface area contributed by atoms with Crippen LogP contribution in [0.3, 0.4) is 0 Å². The molecule has 0 aliphatic carbocycles. The molecule has 0 saturated carbocycles. The quantitative estimate of drug-likeness (QED) is 0.571. The van der Waals surface area contributed by atoms with Crippen molar-refractivity contribution >= 4 is 54.6 Å². The van der Waals surface area contributed by atoms with E-state index in [4.69, 9.17) is 4.74 Å². The third-order valence-electron chi connectivity index (χ3n) is 3.43. The molecule has 0 saturated heterocycles. The smallest absolute Gasteiger partial charge is 0.284 e. The Morgan fingerprint density at radius 1 is 1.15 bits per heavy atom. The summed E-state index contributed by atoms with van der Waals surface area (Å²) in [6.07, 6.45) is 1.52. The molecule has 0 fully saturated rings. The van der Waals surface area contributed by atoms with Crippen LogP contribution in [0.15, 0.2) is 63.4 Å². The summed E-state index contributed by atoms with van der Waals surface area (Å²) in [7, 11) is -2.56. The van der Waals surface area contributed by atoms with Crippen LogP contribution in [0.25, 0.3) is 0 Å².